The molecule has 0 aromatic carbocycles. The summed E-state index contributed by atoms with van der Waals surface area (Å²) in [4.78, 5) is 15.9. The number of anilines is 1. The van der Waals surface area contributed by atoms with Crippen molar-refractivity contribution in [2.24, 2.45) is 5.41 Å². The van der Waals surface area contributed by atoms with Crippen molar-refractivity contribution in [3.8, 4) is 5.88 Å². The van der Waals surface area contributed by atoms with Gasteiger partial charge >= 0.3 is 0 Å². The number of pyridine rings is 1. The zero-order valence-electron chi connectivity index (χ0n) is 10.5. The molecule has 17 heavy (non-hydrogen) atoms. The Morgan fingerprint density at radius 3 is 2.65 bits per heavy atom. The molecule has 0 spiro atoms. The van der Waals surface area contributed by atoms with Gasteiger partial charge in [0.15, 0.2) is 0 Å². The van der Waals surface area contributed by atoms with Crippen molar-refractivity contribution in [2.45, 2.75) is 39.7 Å². The highest BCUT2D eigenvalue weighted by Crippen LogP contribution is 2.45. The Balaban J connectivity index is 1.96. The van der Waals surface area contributed by atoms with Crippen LogP contribution in [0.5, 0.6) is 5.88 Å². The molecule has 0 atom stereocenters. The van der Waals surface area contributed by atoms with E-state index in [4.69, 9.17) is 4.74 Å². The third-order valence-electron chi connectivity index (χ3n) is 2.90. The summed E-state index contributed by atoms with van der Waals surface area (Å²) in [6, 6.07) is 3.58. The molecule has 4 heteroatoms. The highest BCUT2D eigenvalue weighted by atomic mass is 16.5. The Hall–Kier alpha value is -1.58. The summed E-state index contributed by atoms with van der Waals surface area (Å²) in [6.45, 7) is 5.88. The average Bonchev–Trinajstić information content (AvgIpc) is 3.00. The fourth-order valence-corrected chi connectivity index (χ4v) is 1.46. The Morgan fingerprint density at radius 1 is 1.47 bits per heavy atom. The van der Waals surface area contributed by atoms with Gasteiger partial charge < -0.3 is 10.1 Å². The van der Waals surface area contributed by atoms with Crippen LogP contribution in [-0.2, 0) is 4.79 Å². The van der Waals surface area contributed by atoms with Crippen LogP contribution in [0.25, 0.3) is 0 Å². The molecule has 2 rings (SSSR count). The first kappa shape index (κ1) is 11.9. The van der Waals surface area contributed by atoms with E-state index < -0.39 is 0 Å². The van der Waals surface area contributed by atoms with E-state index in [0.717, 1.165) is 18.5 Å². The lowest BCUT2D eigenvalue weighted by molar-refractivity contribution is -0.120. The Bertz CT molecular complexity index is 408. The van der Waals surface area contributed by atoms with Crippen LogP contribution < -0.4 is 10.1 Å². The number of amides is 1. The van der Waals surface area contributed by atoms with Crippen molar-refractivity contribution in [3.05, 3.63) is 18.3 Å². The van der Waals surface area contributed by atoms with E-state index in [-0.39, 0.29) is 17.4 Å². The largest absolute Gasteiger partial charge is 0.475 e. The molecule has 1 aliphatic carbocycles. The lowest BCUT2D eigenvalue weighted by atomic mass is 10.1. The number of aromatic nitrogens is 1. The molecule has 1 amide bonds. The van der Waals surface area contributed by atoms with Crippen LogP contribution >= 0.6 is 0 Å². The molecule has 1 aromatic heterocycles. The van der Waals surface area contributed by atoms with E-state index in [0.29, 0.717) is 5.88 Å². The smallest absolute Gasteiger partial charge is 0.230 e. The second-order valence-electron chi connectivity index (χ2n) is 5.07. The summed E-state index contributed by atoms with van der Waals surface area (Å²) in [5, 5.41) is 2.87. The standard InChI is InChI=1S/C13H18N2O2/c1-9(2)17-11-5-4-10(8-14-11)15-12(16)13(3)6-7-13/h4-5,8-9H,6-7H2,1-3H3,(H,15,16). The number of nitrogens with zero attached hydrogens (tertiary/aromatic N) is 1. The third kappa shape index (κ3) is 2.96. The maximum Gasteiger partial charge on any atom is 0.230 e. The number of carbonyl (C=O) groups is 1. The van der Waals surface area contributed by atoms with Gasteiger partial charge in [0, 0.05) is 11.5 Å². The molecule has 1 N–H and O–H groups in total. The number of carbonyl (C=O) groups excluding carboxylic acids is 1. The summed E-state index contributed by atoms with van der Waals surface area (Å²) in [7, 11) is 0. The number of rotatable bonds is 4. The molecule has 0 bridgehead atoms. The first-order chi connectivity index (χ1) is 7.99. The SMILES string of the molecule is CC(C)Oc1ccc(NC(=O)C2(C)CC2)cn1. The summed E-state index contributed by atoms with van der Waals surface area (Å²) in [5.41, 5.74) is 0.562. The van der Waals surface area contributed by atoms with E-state index in [1.807, 2.05) is 26.8 Å². The first-order valence-electron chi connectivity index (χ1n) is 5.94. The number of hydrogen-bond donors (Lipinski definition) is 1. The van der Waals surface area contributed by atoms with Crippen molar-refractivity contribution in [1.29, 1.82) is 0 Å². The molecule has 0 unspecified atom stereocenters. The molecule has 0 aliphatic heterocycles. The highest BCUT2D eigenvalue weighted by Gasteiger charge is 2.44. The van der Waals surface area contributed by atoms with Gasteiger partial charge in [0.25, 0.3) is 0 Å². The van der Waals surface area contributed by atoms with Crippen LogP contribution in [0.3, 0.4) is 0 Å². The predicted molar refractivity (Wildman–Crippen MR) is 66.0 cm³/mol. The predicted octanol–water partition coefficient (Wildman–Crippen LogP) is 2.61. The van der Waals surface area contributed by atoms with Crippen LogP contribution in [0.4, 0.5) is 5.69 Å². The summed E-state index contributed by atoms with van der Waals surface area (Å²) >= 11 is 0. The van der Waals surface area contributed by atoms with Gasteiger partial charge in [-0.3, -0.25) is 4.79 Å². The van der Waals surface area contributed by atoms with Crippen molar-refractivity contribution < 1.29 is 9.53 Å². The molecule has 1 aromatic rings. The summed E-state index contributed by atoms with van der Waals surface area (Å²) < 4.78 is 5.43. The molecule has 1 saturated carbocycles. The number of nitrogens with one attached hydrogen (secondary N) is 1. The third-order valence-corrected chi connectivity index (χ3v) is 2.90. The molecule has 92 valence electrons. The van der Waals surface area contributed by atoms with Gasteiger partial charge in [-0.05, 0) is 32.8 Å². The minimum atomic E-state index is -0.160. The minimum absolute atomic E-state index is 0.0804. The molecular formula is C13H18N2O2. The maximum atomic E-state index is 11.8. The Labute approximate surface area is 101 Å². The number of hydrogen-bond acceptors (Lipinski definition) is 3. The molecule has 1 aliphatic rings. The summed E-state index contributed by atoms with van der Waals surface area (Å²) in [6.07, 6.45) is 3.68. The van der Waals surface area contributed by atoms with Crippen LogP contribution in [-0.4, -0.2) is 17.0 Å². The fourth-order valence-electron chi connectivity index (χ4n) is 1.46. The zero-order chi connectivity index (χ0) is 12.5. The lowest BCUT2D eigenvalue weighted by Gasteiger charge is -2.11. The van der Waals surface area contributed by atoms with Crippen LogP contribution in [0.15, 0.2) is 18.3 Å². The van der Waals surface area contributed by atoms with E-state index >= 15 is 0 Å². The van der Waals surface area contributed by atoms with E-state index in [1.54, 1.807) is 12.3 Å². The molecule has 4 nitrogen and oxygen atoms in total. The zero-order valence-corrected chi connectivity index (χ0v) is 10.5. The van der Waals surface area contributed by atoms with E-state index in [1.165, 1.54) is 0 Å². The Morgan fingerprint density at radius 2 is 2.18 bits per heavy atom. The van der Waals surface area contributed by atoms with E-state index in [9.17, 15) is 4.79 Å². The van der Waals surface area contributed by atoms with Gasteiger partial charge in [0.2, 0.25) is 11.8 Å². The van der Waals surface area contributed by atoms with Crippen molar-refractivity contribution in [3.63, 3.8) is 0 Å². The minimum Gasteiger partial charge on any atom is -0.475 e. The van der Waals surface area contributed by atoms with E-state index in [2.05, 4.69) is 10.3 Å². The van der Waals surface area contributed by atoms with Crippen LogP contribution in [0.1, 0.15) is 33.6 Å². The second-order valence-corrected chi connectivity index (χ2v) is 5.07. The lowest BCUT2D eigenvalue weighted by Crippen LogP contribution is -2.21. The fraction of sp³-hybridized carbons (Fsp3) is 0.538. The van der Waals surface area contributed by atoms with Crippen molar-refractivity contribution in [1.82, 2.24) is 4.98 Å². The van der Waals surface area contributed by atoms with Gasteiger partial charge in [-0.15, -0.1) is 0 Å². The molecule has 0 saturated heterocycles. The molecule has 0 radical (unpaired) electrons. The normalized spacial score (nSPS) is 16.7. The van der Waals surface area contributed by atoms with Gasteiger partial charge in [-0.1, -0.05) is 6.92 Å². The van der Waals surface area contributed by atoms with Gasteiger partial charge in [-0.25, -0.2) is 4.98 Å². The van der Waals surface area contributed by atoms with Crippen molar-refractivity contribution in [2.75, 3.05) is 5.32 Å². The maximum absolute atomic E-state index is 11.8. The first-order valence-corrected chi connectivity index (χ1v) is 5.94. The van der Waals surface area contributed by atoms with Crippen LogP contribution in [0.2, 0.25) is 0 Å². The van der Waals surface area contributed by atoms with Gasteiger partial charge in [0.1, 0.15) is 0 Å². The topological polar surface area (TPSA) is 51.2 Å². The Kier molecular flexibility index (Phi) is 3.05. The molecule has 1 fully saturated rings. The molecular weight excluding hydrogens is 216 g/mol. The highest BCUT2D eigenvalue weighted by molar-refractivity contribution is 5.96. The second kappa shape index (κ2) is 4.35. The quantitative estimate of drug-likeness (QED) is 0.871. The summed E-state index contributed by atoms with van der Waals surface area (Å²) in [5.74, 6) is 0.660. The van der Waals surface area contributed by atoms with Crippen LogP contribution in [0, 0.1) is 5.41 Å². The average molecular weight is 234 g/mol. The monoisotopic (exact) mass is 234 g/mol. The van der Waals surface area contributed by atoms with Gasteiger partial charge in [-0.2, -0.15) is 0 Å². The van der Waals surface area contributed by atoms with Gasteiger partial charge in [0.05, 0.1) is 18.0 Å². The number of ether oxygens (including phenoxy) is 1. The molecule has 1 heterocycles. The van der Waals surface area contributed by atoms with Crippen molar-refractivity contribution >= 4 is 11.6 Å².